The van der Waals surface area contributed by atoms with Gasteiger partial charge in [0.25, 0.3) is 5.91 Å². The highest BCUT2D eigenvalue weighted by Gasteiger charge is 2.12. The number of hydrogen-bond donors (Lipinski definition) is 1. The van der Waals surface area contributed by atoms with Crippen LogP contribution in [0.2, 0.25) is 5.02 Å². The first-order chi connectivity index (χ1) is 15.0. The molecule has 6 nitrogen and oxygen atoms in total. The Morgan fingerprint density at radius 3 is 2.42 bits per heavy atom. The second kappa shape index (κ2) is 11.0. The molecule has 0 aromatic heterocycles. The van der Waals surface area contributed by atoms with Gasteiger partial charge in [0, 0.05) is 10.6 Å². The first-order valence-corrected chi connectivity index (χ1v) is 10.7. The summed E-state index contributed by atoms with van der Waals surface area (Å²) in [5, 5.41) is 4.72. The number of amides is 1. The molecule has 0 aliphatic heterocycles. The molecule has 0 saturated heterocycles. The van der Waals surface area contributed by atoms with Crippen molar-refractivity contribution < 1.29 is 19.0 Å². The van der Waals surface area contributed by atoms with E-state index in [9.17, 15) is 4.79 Å². The zero-order valence-corrected chi connectivity index (χ0v) is 19.8. The summed E-state index contributed by atoms with van der Waals surface area (Å²) in [7, 11) is 3.15. The summed E-state index contributed by atoms with van der Waals surface area (Å²) < 4.78 is 17.4. The molecule has 0 radical (unpaired) electrons. The molecule has 0 aliphatic carbocycles. The van der Waals surface area contributed by atoms with Gasteiger partial charge in [-0.25, -0.2) is 5.43 Å². The third kappa shape index (κ3) is 6.35. The molecule has 0 heterocycles. The maximum atomic E-state index is 12.2. The van der Waals surface area contributed by atoms with Gasteiger partial charge in [-0.15, -0.1) is 0 Å². The third-order valence-corrected chi connectivity index (χ3v) is 5.33. The van der Waals surface area contributed by atoms with Crippen molar-refractivity contribution in [2.45, 2.75) is 6.61 Å². The number of carbonyl (C=O) groups excluding carboxylic acids is 1. The average Bonchev–Trinajstić information content (AvgIpc) is 2.79. The molecule has 160 valence electrons. The number of benzene rings is 3. The van der Waals surface area contributed by atoms with Gasteiger partial charge in [0.05, 0.1) is 24.0 Å². The van der Waals surface area contributed by atoms with Gasteiger partial charge in [-0.3, -0.25) is 4.79 Å². The van der Waals surface area contributed by atoms with Gasteiger partial charge in [-0.2, -0.15) is 5.10 Å². The summed E-state index contributed by atoms with van der Waals surface area (Å²) in [6.45, 7) is 0.384. The Bertz CT molecular complexity index is 1070. The Morgan fingerprint density at radius 1 is 1.06 bits per heavy atom. The fraction of sp³-hybridized carbons (Fsp3) is 0.130. The summed E-state index contributed by atoms with van der Waals surface area (Å²) in [6.07, 6.45) is 1.55. The minimum atomic E-state index is -0.316. The molecule has 0 aliphatic rings. The van der Waals surface area contributed by atoms with Gasteiger partial charge in [-0.05, 0) is 82.2 Å². The van der Waals surface area contributed by atoms with Crippen molar-refractivity contribution in [3.63, 3.8) is 0 Å². The minimum Gasteiger partial charge on any atom is -0.497 e. The number of nitrogens with zero attached hydrogens (tertiary/aromatic N) is 1. The number of hydrazone groups is 1. The van der Waals surface area contributed by atoms with Crippen molar-refractivity contribution in [3.05, 3.63) is 85.9 Å². The van der Waals surface area contributed by atoms with Crippen LogP contribution in [-0.4, -0.2) is 26.3 Å². The molecule has 0 atom stereocenters. The first kappa shape index (κ1) is 22.9. The highest BCUT2D eigenvalue weighted by molar-refractivity contribution is 14.1. The summed E-state index contributed by atoms with van der Waals surface area (Å²) in [5.74, 6) is 1.57. The third-order valence-electron chi connectivity index (χ3n) is 4.28. The summed E-state index contributed by atoms with van der Waals surface area (Å²) in [6, 6.07) is 17.9. The topological polar surface area (TPSA) is 69.2 Å². The van der Waals surface area contributed by atoms with Crippen LogP contribution < -0.4 is 19.6 Å². The van der Waals surface area contributed by atoms with Crippen LogP contribution in [0, 0.1) is 3.57 Å². The smallest absolute Gasteiger partial charge is 0.271 e. The molecule has 3 aromatic carbocycles. The number of ether oxygens (including phenoxy) is 3. The number of carbonyl (C=O) groups is 1. The predicted octanol–water partition coefficient (Wildman–Crippen LogP) is 5.30. The lowest BCUT2D eigenvalue weighted by Gasteiger charge is -2.13. The fourth-order valence-corrected chi connectivity index (χ4v) is 3.57. The Morgan fingerprint density at radius 2 is 1.77 bits per heavy atom. The maximum absolute atomic E-state index is 12.2. The molecule has 1 amide bonds. The van der Waals surface area contributed by atoms with E-state index in [0.29, 0.717) is 34.4 Å². The van der Waals surface area contributed by atoms with Crippen molar-refractivity contribution in [2.24, 2.45) is 5.10 Å². The van der Waals surface area contributed by atoms with E-state index in [2.05, 4.69) is 33.1 Å². The number of rotatable bonds is 8. The molecule has 0 saturated carbocycles. The standard InChI is InChI=1S/C23H20ClIN2O4/c1-29-19-9-5-17(6-10-19)23(28)27-26-13-16-11-20(25)22(21(12-16)30-2)31-14-15-3-7-18(24)8-4-15/h3-13H,14H2,1-2H3,(H,27,28)/b26-13-. The van der Waals surface area contributed by atoms with Crippen LogP contribution in [0.4, 0.5) is 0 Å². The van der Waals surface area contributed by atoms with E-state index in [1.807, 2.05) is 30.3 Å². The summed E-state index contributed by atoms with van der Waals surface area (Å²) in [4.78, 5) is 12.2. The fourth-order valence-electron chi connectivity index (χ4n) is 2.66. The largest absolute Gasteiger partial charge is 0.497 e. The van der Waals surface area contributed by atoms with Crippen LogP contribution in [0.3, 0.4) is 0 Å². The zero-order chi connectivity index (χ0) is 22.2. The molecule has 1 N–H and O–H groups in total. The lowest BCUT2D eigenvalue weighted by atomic mass is 10.2. The van der Waals surface area contributed by atoms with Crippen LogP contribution in [0.15, 0.2) is 65.8 Å². The van der Waals surface area contributed by atoms with Crippen LogP contribution >= 0.6 is 34.2 Å². The van der Waals surface area contributed by atoms with Gasteiger partial charge in [-0.1, -0.05) is 23.7 Å². The zero-order valence-electron chi connectivity index (χ0n) is 16.9. The SMILES string of the molecule is COc1ccc(C(=O)N/N=C\c2cc(I)c(OCc3ccc(Cl)cc3)c(OC)c2)cc1. The highest BCUT2D eigenvalue weighted by atomic mass is 127. The molecule has 0 unspecified atom stereocenters. The number of hydrogen-bond acceptors (Lipinski definition) is 5. The van der Waals surface area contributed by atoms with E-state index in [4.69, 9.17) is 25.8 Å². The van der Waals surface area contributed by atoms with Crippen LogP contribution in [0.5, 0.6) is 17.2 Å². The number of methoxy groups -OCH3 is 2. The van der Waals surface area contributed by atoms with Gasteiger partial charge in [0.1, 0.15) is 12.4 Å². The molecule has 31 heavy (non-hydrogen) atoms. The average molecular weight is 551 g/mol. The van der Waals surface area contributed by atoms with Crippen molar-refractivity contribution in [1.82, 2.24) is 5.43 Å². The van der Waals surface area contributed by atoms with E-state index >= 15 is 0 Å². The molecule has 8 heteroatoms. The lowest BCUT2D eigenvalue weighted by molar-refractivity contribution is 0.0955. The van der Waals surface area contributed by atoms with Crippen LogP contribution in [0.1, 0.15) is 21.5 Å². The normalized spacial score (nSPS) is 10.7. The van der Waals surface area contributed by atoms with Crippen molar-refractivity contribution in [1.29, 1.82) is 0 Å². The molecule has 0 spiro atoms. The second-order valence-electron chi connectivity index (χ2n) is 6.38. The van der Waals surface area contributed by atoms with Gasteiger partial charge >= 0.3 is 0 Å². The summed E-state index contributed by atoms with van der Waals surface area (Å²) >= 11 is 8.10. The maximum Gasteiger partial charge on any atom is 0.271 e. The van der Waals surface area contributed by atoms with Gasteiger partial charge < -0.3 is 14.2 Å². The van der Waals surface area contributed by atoms with Crippen LogP contribution in [0.25, 0.3) is 0 Å². The first-order valence-electron chi connectivity index (χ1n) is 9.22. The van der Waals surface area contributed by atoms with E-state index in [-0.39, 0.29) is 5.91 Å². The Kier molecular flexibility index (Phi) is 8.13. The van der Waals surface area contributed by atoms with Crippen molar-refractivity contribution >= 4 is 46.3 Å². The van der Waals surface area contributed by atoms with Crippen LogP contribution in [-0.2, 0) is 6.61 Å². The lowest BCUT2D eigenvalue weighted by Crippen LogP contribution is -2.17. The molecule has 3 aromatic rings. The number of halogens is 2. The van der Waals surface area contributed by atoms with E-state index in [1.54, 1.807) is 50.8 Å². The van der Waals surface area contributed by atoms with Crippen molar-refractivity contribution in [2.75, 3.05) is 14.2 Å². The van der Waals surface area contributed by atoms with Gasteiger partial charge in [0.15, 0.2) is 11.5 Å². The molecule has 3 rings (SSSR count). The quantitative estimate of drug-likeness (QED) is 0.235. The minimum absolute atomic E-state index is 0.316. The Hall–Kier alpha value is -2.78. The Labute approximate surface area is 199 Å². The van der Waals surface area contributed by atoms with E-state index in [1.165, 1.54) is 0 Å². The predicted molar refractivity (Wildman–Crippen MR) is 130 cm³/mol. The molecular weight excluding hydrogens is 531 g/mol. The number of nitrogens with one attached hydrogen (secondary N) is 1. The van der Waals surface area contributed by atoms with Gasteiger partial charge in [0.2, 0.25) is 0 Å². The molecule has 0 fully saturated rings. The molecular formula is C23H20ClIN2O4. The van der Waals surface area contributed by atoms with E-state index in [0.717, 1.165) is 14.7 Å². The second-order valence-corrected chi connectivity index (χ2v) is 7.98. The highest BCUT2D eigenvalue weighted by Crippen LogP contribution is 2.34. The Balaban J connectivity index is 1.66. The monoisotopic (exact) mass is 550 g/mol. The van der Waals surface area contributed by atoms with E-state index < -0.39 is 0 Å². The molecule has 0 bridgehead atoms. The van der Waals surface area contributed by atoms with Crippen molar-refractivity contribution in [3.8, 4) is 17.2 Å². The summed E-state index contributed by atoms with van der Waals surface area (Å²) in [5.41, 5.74) is 4.75.